The second-order valence-electron chi connectivity index (χ2n) is 9.97. The third kappa shape index (κ3) is 4.93. The van der Waals surface area contributed by atoms with Crippen molar-refractivity contribution in [3.8, 4) is 39.5 Å². The summed E-state index contributed by atoms with van der Waals surface area (Å²) >= 11 is 1.50. The highest BCUT2D eigenvalue weighted by Gasteiger charge is 2.28. The Bertz CT molecular complexity index is 1870. The third-order valence-corrected chi connectivity index (χ3v) is 7.73. The Hall–Kier alpha value is -4.64. The van der Waals surface area contributed by atoms with Crippen molar-refractivity contribution in [3.05, 3.63) is 88.3 Å². The number of carbonyl (C=O) groups excluding carboxylic acids is 1. The van der Waals surface area contributed by atoms with Crippen molar-refractivity contribution >= 4 is 27.3 Å². The summed E-state index contributed by atoms with van der Waals surface area (Å²) in [5.41, 5.74) is 4.26. The molecule has 0 fully saturated rings. The highest BCUT2D eigenvalue weighted by Crippen LogP contribution is 2.46. The molecule has 4 aromatic heterocycles. The fourth-order valence-corrected chi connectivity index (χ4v) is 5.98. The number of H-pyrrole nitrogens is 1. The number of carbonyl (C=O) groups is 1. The zero-order valence-corrected chi connectivity index (χ0v) is 23.1. The maximum Gasteiger partial charge on any atom is 0.282 e. The number of pyridine rings is 2. The van der Waals surface area contributed by atoms with Crippen molar-refractivity contribution < 1.29 is 18.3 Å². The zero-order chi connectivity index (χ0) is 28.8. The molecular formula is C30H25F2N5O3S. The molecule has 6 rings (SSSR count). The minimum Gasteiger partial charge on any atom is -0.490 e. The van der Waals surface area contributed by atoms with Gasteiger partial charge in [-0.3, -0.25) is 14.3 Å². The van der Waals surface area contributed by atoms with Crippen LogP contribution in [0.1, 0.15) is 19.5 Å². The first-order valence-electron chi connectivity index (χ1n) is 13.0. The van der Waals surface area contributed by atoms with Gasteiger partial charge in [0.1, 0.15) is 23.0 Å². The zero-order valence-electron chi connectivity index (χ0n) is 22.3. The molecule has 1 amide bonds. The number of nitrogens with one attached hydrogen (secondary N) is 1. The lowest BCUT2D eigenvalue weighted by molar-refractivity contribution is -0.130. The van der Waals surface area contributed by atoms with Gasteiger partial charge in [0.2, 0.25) is 5.56 Å². The van der Waals surface area contributed by atoms with E-state index in [0.29, 0.717) is 46.2 Å². The third-order valence-electron chi connectivity index (χ3n) is 6.80. The average Bonchev–Trinajstić information content (AvgIpc) is 3.59. The van der Waals surface area contributed by atoms with Crippen LogP contribution in [0.2, 0.25) is 0 Å². The fourth-order valence-electron chi connectivity index (χ4n) is 5.02. The average molecular weight is 574 g/mol. The molecule has 1 aliphatic rings. The second kappa shape index (κ2) is 10.4. The van der Waals surface area contributed by atoms with Gasteiger partial charge in [0, 0.05) is 51.7 Å². The molecule has 8 nitrogen and oxygen atoms in total. The summed E-state index contributed by atoms with van der Waals surface area (Å²) < 4.78 is 36.7. The monoisotopic (exact) mass is 573 g/mol. The second-order valence-corrected chi connectivity index (χ2v) is 10.9. The van der Waals surface area contributed by atoms with E-state index in [9.17, 15) is 18.4 Å². The molecule has 1 aliphatic heterocycles. The van der Waals surface area contributed by atoms with E-state index >= 15 is 0 Å². The number of hydrogen-bond donors (Lipinski definition) is 1. The standard InChI is InChI=1S/C30H25F2N5O3S/c1-16(2)40-24-12-19(32)5-6-21(24)26-28(23-13-20-15-36(30(39)17(3)31)9-10-37(20)35-23)34-27(22-8-11-41-29(22)26)18-4-7-25(38)33-14-18/h4-8,11-14,16H,3,9-10,15H2,1-2H3,(H,33,38). The predicted molar refractivity (Wildman–Crippen MR) is 154 cm³/mol. The molecule has 0 atom stereocenters. The van der Waals surface area contributed by atoms with E-state index in [1.165, 1.54) is 34.4 Å². The molecule has 5 aromatic rings. The van der Waals surface area contributed by atoms with Crippen LogP contribution in [0.3, 0.4) is 0 Å². The van der Waals surface area contributed by atoms with E-state index in [1.54, 1.807) is 23.0 Å². The summed E-state index contributed by atoms with van der Waals surface area (Å²) in [6, 6.07) is 11.4. The molecule has 0 saturated heterocycles. The molecule has 1 aromatic carbocycles. The molecule has 0 unspecified atom stereocenters. The van der Waals surface area contributed by atoms with Gasteiger partial charge < -0.3 is 14.6 Å². The van der Waals surface area contributed by atoms with Crippen LogP contribution in [0.25, 0.3) is 43.9 Å². The molecule has 41 heavy (non-hydrogen) atoms. The van der Waals surface area contributed by atoms with Gasteiger partial charge in [-0.15, -0.1) is 11.3 Å². The van der Waals surface area contributed by atoms with Gasteiger partial charge >= 0.3 is 0 Å². The Morgan fingerprint density at radius 2 is 1.98 bits per heavy atom. The van der Waals surface area contributed by atoms with Crippen LogP contribution in [0.4, 0.5) is 8.78 Å². The fraction of sp³-hybridized carbons (Fsp3) is 0.200. The molecule has 208 valence electrons. The predicted octanol–water partition coefficient (Wildman–Crippen LogP) is 5.93. The number of amides is 1. The van der Waals surface area contributed by atoms with Crippen LogP contribution in [0.15, 0.2) is 71.2 Å². The Morgan fingerprint density at radius 1 is 1.15 bits per heavy atom. The van der Waals surface area contributed by atoms with Crippen LogP contribution in [-0.2, 0) is 17.9 Å². The Morgan fingerprint density at radius 3 is 2.71 bits per heavy atom. The first-order valence-corrected chi connectivity index (χ1v) is 13.8. The van der Waals surface area contributed by atoms with Gasteiger partial charge in [0.25, 0.3) is 5.91 Å². The maximum absolute atomic E-state index is 14.4. The number of fused-ring (bicyclic) bond motifs is 2. The first kappa shape index (κ1) is 26.6. The van der Waals surface area contributed by atoms with Crippen molar-refractivity contribution in [2.45, 2.75) is 33.0 Å². The van der Waals surface area contributed by atoms with Gasteiger partial charge in [-0.1, -0.05) is 6.58 Å². The van der Waals surface area contributed by atoms with Gasteiger partial charge in [-0.05, 0) is 49.6 Å². The SMILES string of the molecule is C=C(F)C(=O)N1CCn2nc(-c3nc(-c4ccc(=O)[nH]c4)c4ccsc4c3-c3ccc(F)cc3OC(C)C)cc2C1. The van der Waals surface area contributed by atoms with E-state index in [0.717, 1.165) is 15.6 Å². The molecule has 11 heteroatoms. The normalized spacial score (nSPS) is 13.0. The van der Waals surface area contributed by atoms with Gasteiger partial charge in [-0.25, -0.2) is 13.8 Å². The molecule has 0 aliphatic carbocycles. The highest BCUT2D eigenvalue weighted by molar-refractivity contribution is 7.18. The smallest absolute Gasteiger partial charge is 0.282 e. The van der Waals surface area contributed by atoms with Crippen molar-refractivity contribution in [1.82, 2.24) is 24.6 Å². The Balaban J connectivity index is 1.60. The summed E-state index contributed by atoms with van der Waals surface area (Å²) in [6.07, 6.45) is 1.40. The molecule has 1 N–H and O–H groups in total. The molecular weight excluding hydrogens is 548 g/mol. The summed E-state index contributed by atoms with van der Waals surface area (Å²) in [6.45, 7) is 7.70. The van der Waals surface area contributed by atoms with Gasteiger partial charge in [-0.2, -0.15) is 5.10 Å². The number of ether oxygens (including phenoxy) is 1. The molecule has 5 heterocycles. The Labute approximate surface area is 237 Å². The van der Waals surface area contributed by atoms with E-state index in [4.69, 9.17) is 14.8 Å². The van der Waals surface area contributed by atoms with Crippen LogP contribution in [-0.4, -0.2) is 43.2 Å². The van der Waals surface area contributed by atoms with Crippen LogP contribution in [0.5, 0.6) is 5.75 Å². The molecule has 0 bridgehead atoms. The number of thiophene rings is 1. The van der Waals surface area contributed by atoms with Crippen molar-refractivity contribution in [3.63, 3.8) is 0 Å². The van der Waals surface area contributed by atoms with Crippen molar-refractivity contribution in [2.75, 3.05) is 6.54 Å². The number of aromatic amines is 1. The molecule has 0 spiro atoms. The topological polar surface area (TPSA) is 93.1 Å². The quantitative estimate of drug-likeness (QED) is 0.254. The number of rotatable bonds is 6. The minimum atomic E-state index is -1.01. The lowest BCUT2D eigenvalue weighted by Gasteiger charge is -2.26. The number of benzene rings is 1. The number of aromatic nitrogens is 4. The van der Waals surface area contributed by atoms with Crippen molar-refractivity contribution in [2.24, 2.45) is 0 Å². The van der Waals surface area contributed by atoms with Crippen LogP contribution >= 0.6 is 11.3 Å². The number of hydrogen-bond acceptors (Lipinski definition) is 6. The molecule has 0 radical (unpaired) electrons. The summed E-state index contributed by atoms with van der Waals surface area (Å²) in [5.74, 6) is -1.82. The maximum atomic E-state index is 14.4. The molecule has 0 saturated carbocycles. The van der Waals surface area contributed by atoms with Gasteiger partial charge in [0.05, 0.1) is 30.6 Å². The van der Waals surface area contributed by atoms with Crippen LogP contribution < -0.4 is 10.3 Å². The summed E-state index contributed by atoms with van der Waals surface area (Å²) in [7, 11) is 0. The Kier molecular flexibility index (Phi) is 6.74. The lowest BCUT2D eigenvalue weighted by atomic mass is 9.97. The largest absolute Gasteiger partial charge is 0.490 e. The minimum absolute atomic E-state index is 0.163. The van der Waals surface area contributed by atoms with E-state index in [-0.39, 0.29) is 24.8 Å². The van der Waals surface area contributed by atoms with E-state index in [2.05, 4.69) is 11.6 Å². The highest BCUT2D eigenvalue weighted by atomic mass is 32.1. The van der Waals surface area contributed by atoms with E-state index < -0.39 is 17.6 Å². The number of nitrogens with zero attached hydrogens (tertiary/aromatic N) is 4. The van der Waals surface area contributed by atoms with Crippen molar-refractivity contribution in [1.29, 1.82) is 0 Å². The lowest BCUT2D eigenvalue weighted by Crippen LogP contribution is -2.38. The summed E-state index contributed by atoms with van der Waals surface area (Å²) in [4.78, 5) is 33.2. The first-order chi connectivity index (χ1) is 19.7. The van der Waals surface area contributed by atoms with Crippen LogP contribution in [0, 0.1) is 5.82 Å². The summed E-state index contributed by atoms with van der Waals surface area (Å²) in [5, 5.41) is 7.63. The van der Waals surface area contributed by atoms with Gasteiger partial charge in [0.15, 0.2) is 5.83 Å². The van der Waals surface area contributed by atoms with E-state index in [1.807, 2.05) is 31.4 Å². The number of halogens is 2.